The highest BCUT2D eigenvalue weighted by molar-refractivity contribution is 6.01. The number of likely N-dealkylation sites (N-methyl/N-ethyl adjacent to an activating group) is 5. The van der Waals surface area contributed by atoms with Gasteiger partial charge in [-0.1, -0.05) is 78.9 Å². The normalized spacial score (nSPS) is 29.3. The second-order valence-electron chi connectivity index (χ2n) is 29.8. The Balaban J connectivity index is 1.17. The van der Waals surface area contributed by atoms with Crippen molar-refractivity contribution in [3.05, 3.63) is 34.9 Å². The predicted octanol–water partition coefficient (Wildman–Crippen LogP) is 3.71. The number of carbonyl (C=O) groups is 12. The molecule has 5 saturated heterocycles. The van der Waals surface area contributed by atoms with Crippen LogP contribution in [0.1, 0.15) is 174 Å². The van der Waals surface area contributed by atoms with Gasteiger partial charge < -0.3 is 69.9 Å². The summed E-state index contributed by atoms with van der Waals surface area (Å²) in [4.78, 5) is 190. The molecule has 26 nitrogen and oxygen atoms in total. The molecule has 5 aliphatic heterocycles. The van der Waals surface area contributed by atoms with E-state index in [2.05, 4.69) is 21.3 Å². The summed E-state index contributed by atoms with van der Waals surface area (Å²) in [5, 5.41) is 11.5. The molecule has 101 heavy (non-hydrogen) atoms. The molecule has 1 aromatic carbocycles. The number of halogens is 3. The Labute approximate surface area is 591 Å². The molecule has 7 fully saturated rings. The molecule has 562 valence electrons. The van der Waals surface area contributed by atoms with Crippen LogP contribution in [0.3, 0.4) is 0 Å². The number of nitrogens with one attached hydrogen (secondary N) is 4. The molecule has 7 aliphatic rings. The predicted molar refractivity (Wildman–Crippen MR) is 365 cm³/mol. The molecule has 5 heterocycles. The van der Waals surface area contributed by atoms with Crippen molar-refractivity contribution < 1.29 is 80.2 Å². The number of amides is 12. The number of nitrogens with zero attached hydrogens (tertiary/aromatic N) is 8. The topological polar surface area (TPSA) is 297 Å². The third-order valence-corrected chi connectivity index (χ3v) is 22.3. The number of fused-ring (bicyclic) bond motifs is 4. The molecule has 29 heteroatoms. The maximum absolute atomic E-state index is 15.9. The number of aryl methyl sites for hydroxylation is 2. The van der Waals surface area contributed by atoms with Crippen LogP contribution in [0.15, 0.2) is 18.2 Å². The molecular weight excluding hydrogens is 1310 g/mol. The standard InChI is InChI=1S/C72H109F3N12O14/c1-13-34-100-41-56-66(95)80(8)38-57(88)77-51(28-24-46-23-27-50(44(6)36-46)72(73,74)75)65(94)85-32-19-22-52(85)62(91)79-71(30-17-18-31-71)70(99)84(12)60(47-20-15-16-21-47)69(98)82(10)55(68(97)87-48-25-26-49(87)40-101-39-48)37-58(89)81(9)54(35-42(3)4)61(90)78-59(43(5)14-2)63(92)76-45(7)64(93)86-33-29-53(86)67(96)83(56)11/h23,27,36,42-43,45,47-49,51-56,59-60H,13-22,24-26,28-35,37-41H2,1-12H3,(H,76,92)(H,77,88)(H,78,90)(H,79,91)/t43-,45-,48?,49?,51-,52-,53-,54-,55-,56-,59-,60-/m0/s1. The van der Waals surface area contributed by atoms with Gasteiger partial charge >= 0.3 is 6.18 Å². The van der Waals surface area contributed by atoms with E-state index in [0.29, 0.717) is 63.4 Å². The first-order valence-corrected chi connectivity index (χ1v) is 36.5. The first-order valence-electron chi connectivity index (χ1n) is 36.5. The van der Waals surface area contributed by atoms with Crippen molar-refractivity contribution in [1.82, 2.24) is 60.5 Å². The summed E-state index contributed by atoms with van der Waals surface area (Å²) in [5.41, 5.74) is -2.07. The summed E-state index contributed by atoms with van der Waals surface area (Å²) >= 11 is 0. The molecule has 2 saturated carbocycles. The third-order valence-electron chi connectivity index (χ3n) is 22.3. The van der Waals surface area contributed by atoms with E-state index in [-0.39, 0.29) is 108 Å². The number of alkyl halides is 3. The zero-order valence-electron chi connectivity index (χ0n) is 61.1. The molecule has 1 spiro atoms. The number of benzene rings is 1. The first kappa shape index (κ1) is 79.3. The Morgan fingerprint density at radius 2 is 1.35 bits per heavy atom. The maximum atomic E-state index is 15.9. The van der Waals surface area contributed by atoms with Gasteiger partial charge in [-0.2, -0.15) is 13.2 Å². The van der Waals surface area contributed by atoms with Crippen molar-refractivity contribution in [1.29, 1.82) is 0 Å². The SMILES string of the molecule is CCCOC[C@H]1C(=O)N(C)CC(=O)N[C@@H](CCc2ccc(C(F)(F)F)c(C)c2)C(=O)N2CCC[C@H]2C(=O)NC2(CCCC2)C(=O)N(C)[C@@H](C2CCCC2)C(=O)N(C)[C@H](C(=O)N2C3CCC2COC3)CC(=O)N(C)[C@@H](CC(C)C)C(=O)N[C@@H]([C@@H](C)CC)C(=O)N[C@@H](C)C(=O)N2CC[C@H]2C(=O)N1C. The molecular formula is C72H109F3N12O14. The lowest BCUT2D eigenvalue weighted by atomic mass is 9.90. The zero-order valence-corrected chi connectivity index (χ0v) is 61.1. The maximum Gasteiger partial charge on any atom is 0.416 e. The van der Waals surface area contributed by atoms with E-state index in [1.807, 2.05) is 27.7 Å². The van der Waals surface area contributed by atoms with Crippen molar-refractivity contribution in [3.8, 4) is 0 Å². The summed E-state index contributed by atoms with van der Waals surface area (Å²) in [6, 6.07) is -8.47. The van der Waals surface area contributed by atoms with Crippen molar-refractivity contribution in [2.45, 2.75) is 249 Å². The molecule has 2 bridgehead atoms. The average Bonchev–Trinajstić information content (AvgIpc) is 1.77. The molecule has 1 aromatic rings. The van der Waals surface area contributed by atoms with Crippen molar-refractivity contribution in [2.75, 3.05) is 81.3 Å². The minimum absolute atomic E-state index is 0.0170. The van der Waals surface area contributed by atoms with Gasteiger partial charge in [-0.05, 0) is 132 Å². The Morgan fingerprint density at radius 3 is 1.94 bits per heavy atom. The summed E-state index contributed by atoms with van der Waals surface area (Å²) in [6.45, 7) is 11.7. The zero-order chi connectivity index (χ0) is 74.1. The molecule has 2 unspecified atom stereocenters. The van der Waals surface area contributed by atoms with E-state index in [0.717, 1.165) is 28.7 Å². The average molecular weight is 1420 g/mol. The highest BCUT2D eigenvalue weighted by Crippen LogP contribution is 2.39. The fraction of sp³-hybridized carbons (Fsp3) is 0.750. The van der Waals surface area contributed by atoms with E-state index < -0.39 is 167 Å². The summed E-state index contributed by atoms with van der Waals surface area (Å²) in [6.07, 6.45) is 1.48. The fourth-order valence-corrected chi connectivity index (χ4v) is 16.0. The van der Waals surface area contributed by atoms with E-state index in [9.17, 15) is 41.9 Å². The minimum Gasteiger partial charge on any atom is -0.379 e. The Kier molecular flexibility index (Phi) is 26.9. The molecule has 0 aromatic heterocycles. The largest absolute Gasteiger partial charge is 0.416 e. The summed E-state index contributed by atoms with van der Waals surface area (Å²) in [5.74, 6) is -9.09. The number of ether oxygens (including phenoxy) is 2. The molecule has 12 atom stereocenters. The lowest BCUT2D eigenvalue weighted by molar-refractivity contribution is -0.159. The molecule has 4 N–H and O–H groups in total. The van der Waals surface area contributed by atoms with Crippen molar-refractivity contribution in [2.24, 2.45) is 17.8 Å². The first-order chi connectivity index (χ1) is 47.7. The Morgan fingerprint density at radius 1 is 0.693 bits per heavy atom. The molecule has 12 amide bonds. The van der Waals surface area contributed by atoms with Crippen LogP contribution < -0.4 is 21.3 Å². The Hall–Kier alpha value is -7.43. The quantitative estimate of drug-likeness (QED) is 0.205. The van der Waals surface area contributed by atoms with Gasteiger partial charge in [-0.25, -0.2) is 0 Å². The monoisotopic (exact) mass is 1420 g/mol. The van der Waals surface area contributed by atoms with Gasteiger partial charge in [0.2, 0.25) is 70.9 Å². The van der Waals surface area contributed by atoms with Gasteiger partial charge in [-0.15, -0.1) is 0 Å². The molecule has 8 rings (SSSR count). The summed E-state index contributed by atoms with van der Waals surface area (Å²) in [7, 11) is 7.09. The van der Waals surface area contributed by atoms with Gasteiger partial charge in [0.15, 0.2) is 0 Å². The minimum atomic E-state index is -4.64. The van der Waals surface area contributed by atoms with Gasteiger partial charge in [0.1, 0.15) is 59.9 Å². The van der Waals surface area contributed by atoms with Crippen LogP contribution in [0.5, 0.6) is 0 Å². The molecule has 0 radical (unpaired) electrons. The number of morpholine rings is 1. The number of rotatable bonds is 13. The lowest BCUT2D eigenvalue weighted by Crippen LogP contribution is -2.65. The van der Waals surface area contributed by atoms with Gasteiger partial charge in [0.25, 0.3) is 0 Å². The van der Waals surface area contributed by atoms with Crippen LogP contribution >= 0.6 is 0 Å². The van der Waals surface area contributed by atoms with Crippen LogP contribution in [0, 0.1) is 24.7 Å². The van der Waals surface area contributed by atoms with Crippen LogP contribution in [-0.2, 0) is 79.6 Å². The number of hydrogen-bond donors (Lipinski definition) is 4. The fourth-order valence-electron chi connectivity index (χ4n) is 16.0. The van der Waals surface area contributed by atoms with Crippen LogP contribution in [-0.4, -0.2) is 263 Å². The Bertz CT molecular complexity index is 3200. The third kappa shape index (κ3) is 18.1. The van der Waals surface area contributed by atoms with Crippen LogP contribution in [0.4, 0.5) is 13.2 Å². The smallest absolute Gasteiger partial charge is 0.379 e. The van der Waals surface area contributed by atoms with Gasteiger partial charge in [-0.3, -0.25) is 57.5 Å². The number of carbonyl (C=O) groups excluding carboxylic acids is 12. The van der Waals surface area contributed by atoms with Crippen LogP contribution in [0.25, 0.3) is 0 Å². The second kappa shape index (κ2) is 34.2. The van der Waals surface area contributed by atoms with E-state index >= 15 is 28.8 Å². The molecule has 2 aliphatic carbocycles. The second-order valence-corrected chi connectivity index (χ2v) is 29.8. The van der Waals surface area contributed by atoms with Crippen molar-refractivity contribution >= 4 is 70.9 Å². The van der Waals surface area contributed by atoms with Gasteiger partial charge in [0.05, 0.1) is 50.4 Å². The van der Waals surface area contributed by atoms with Gasteiger partial charge in [0, 0.05) is 54.9 Å². The van der Waals surface area contributed by atoms with E-state index in [1.165, 1.54) is 85.7 Å². The van der Waals surface area contributed by atoms with E-state index in [1.54, 1.807) is 11.8 Å². The van der Waals surface area contributed by atoms with Crippen molar-refractivity contribution in [3.63, 3.8) is 0 Å². The van der Waals surface area contributed by atoms with Crippen LogP contribution in [0.2, 0.25) is 0 Å². The lowest BCUT2D eigenvalue weighted by Gasteiger charge is -2.44. The van der Waals surface area contributed by atoms with E-state index in [4.69, 9.17) is 9.47 Å². The highest BCUT2D eigenvalue weighted by atomic mass is 19.4. The number of hydrogen-bond acceptors (Lipinski definition) is 14. The summed E-state index contributed by atoms with van der Waals surface area (Å²) < 4.78 is 53.6. The highest BCUT2D eigenvalue weighted by Gasteiger charge is 2.53.